The van der Waals surface area contributed by atoms with E-state index in [9.17, 15) is 14.4 Å². The number of nitrogens with one attached hydrogen (secondary N) is 2. The van der Waals surface area contributed by atoms with E-state index in [0.29, 0.717) is 43.8 Å². The van der Waals surface area contributed by atoms with Gasteiger partial charge in [-0.2, -0.15) is 0 Å². The lowest BCUT2D eigenvalue weighted by molar-refractivity contribution is -0.127. The van der Waals surface area contributed by atoms with Gasteiger partial charge >= 0.3 is 6.03 Å². The number of hydrogen-bond acceptors (Lipinski definition) is 5. The topological polar surface area (TPSA) is 105 Å². The van der Waals surface area contributed by atoms with E-state index >= 15 is 0 Å². The standard InChI is InChI=1S/C24H30N4O4/c1-2-7-19-16-20(27-32-19)21(29)28-14-11-18(12-15-28)24(22(30)25-23(31)26-24)13-6-10-17-8-4-3-5-9-17/h3-5,8-9,16,18H,2,6-7,10-15H2,1H3,(H2,25,26,30,31)/t24-/m1/s1. The molecular formula is C24H30N4O4. The van der Waals surface area contributed by atoms with E-state index in [1.807, 2.05) is 25.1 Å². The summed E-state index contributed by atoms with van der Waals surface area (Å²) in [6.45, 7) is 3.08. The van der Waals surface area contributed by atoms with Crippen molar-refractivity contribution in [3.63, 3.8) is 0 Å². The smallest absolute Gasteiger partial charge is 0.322 e. The fraction of sp³-hybridized carbons (Fsp3) is 0.500. The van der Waals surface area contributed by atoms with Crippen molar-refractivity contribution in [2.24, 2.45) is 5.92 Å². The molecule has 0 saturated carbocycles. The van der Waals surface area contributed by atoms with Gasteiger partial charge in [0.05, 0.1) is 0 Å². The molecule has 1 atom stereocenters. The Kier molecular flexibility index (Phi) is 6.58. The van der Waals surface area contributed by atoms with E-state index in [4.69, 9.17) is 4.52 Å². The summed E-state index contributed by atoms with van der Waals surface area (Å²) < 4.78 is 5.24. The number of amides is 4. The highest BCUT2D eigenvalue weighted by Crippen LogP contribution is 2.35. The van der Waals surface area contributed by atoms with E-state index in [0.717, 1.165) is 25.7 Å². The Balaban J connectivity index is 1.39. The minimum Gasteiger partial charge on any atom is -0.361 e. The highest BCUT2D eigenvalue weighted by Gasteiger charge is 2.51. The van der Waals surface area contributed by atoms with Gasteiger partial charge in [0, 0.05) is 25.6 Å². The van der Waals surface area contributed by atoms with Crippen LogP contribution in [0.5, 0.6) is 0 Å². The fourth-order valence-corrected chi connectivity index (χ4v) is 4.90. The Labute approximate surface area is 187 Å². The first-order chi connectivity index (χ1) is 15.5. The Morgan fingerprint density at radius 3 is 2.59 bits per heavy atom. The first-order valence-electron chi connectivity index (χ1n) is 11.4. The minimum atomic E-state index is -0.914. The molecule has 8 heteroatoms. The maximum Gasteiger partial charge on any atom is 0.322 e. The average molecular weight is 439 g/mol. The van der Waals surface area contributed by atoms with Crippen LogP contribution in [0, 0.1) is 5.92 Å². The molecule has 170 valence electrons. The summed E-state index contributed by atoms with van der Waals surface area (Å²) in [6, 6.07) is 11.4. The van der Waals surface area contributed by atoms with Gasteiger partial charge < -0.3 is 14.7 Å². The van der Waals surface area contributed by atoms with Crippen LogP contribution in [-0.4, -0.2) is 46.5 Å². The lowest BCUT2D eigenvalue weighted by Crippen LogP contribution is -2.56. The molecule has 0 aliphatic carbocycles. The molecule has 0 bridgehead atoms. The summed E-state index contributed by atoms with van der Waals surface area (Å²) in [5, 5.41) is 9.30. The fourth-order valence-electron chi connectivity index (χ4n) is 4.90. The number of aromatic nitrogens is 1. The number of benzene rings is 1. The van der Waals surface area contributed by atoms with Gasteiger partial charge in [0.15, 0.2) is 5.69 Å². The van der Waals surface area contributed by atoms with Crippen molar-refractivity contribution < 1.29 is 18.9 Å². The van der Waals surface area contributed by atoms with Crippen LogP contribution in [0.2, 0.25) is 0 Å². The third kappa shape index (κ3) is 4.54. The molecule has 2 saturated heterocycles. The largest absolute Gasteiger partial charge is 0.361 e. The summed E-state index contributed by atoms with van der Waals surface area (Å²) in [4.78, 5) is 39.5. The van der Waals surface area contributed by atoms with E-state index in [2.05, 4.69) is 27.9 Å². The number of imide groups is 1. The Morgan fingerprint density at radius 1 is 1.19 bits per heavy atom. The number of piperidine rings is 1. The number of hydrogen-bond donors (Lipinski definition) is 2. The number of likely N-dealkylation sites (tertiary alicyclic amines) is 1. The first-order valence-corrected chi connectivity index (χ1v) is 11.4. The number of urea groups is 1. The van der Waals surface area contributed by atoms with E-state index < -0.39 is 11.6 Å². The van der Waals surface area contributed by atoms with Crippen LogP contribution in [-0.2, 0) is 17.6 Å². The number of carbonyl (C=O) groups excluding carboxylic acids is 3. The van der Waals surface area contributed by atoms with Gasteiger partial charge in [0.1, 0.15) is 11.3 Å². The molecule has 32 heavy (non-hydrogen) atoms. The third-order valence-electron chi connectivity index (χ3n) is 6.60. The molecule has 4 rings (SSSR count). The van der Waals surface area contributed by atoms with Crippen molar-refractivity contribution in [3.05, 3.63) is 53.4 Å². The average Bonchev–Trinajstić information content (AvgIpc) is 3.38. The summed E-state index contributed by atoms with van der Waals surface area (Å²) >= 11 is 0. The second-order valence-electron chi connectivity index (χ2n) is 8.71. The van der Waals surface area contributed by atoms with E-state index in [1.54, 1.807) is 11.0 Å². The summed E-state index contributed by atoms with van der Waals surface area (Å²) in [6.07, 6.45) is 5.17. The highest BCUT2D eigenvalue weighted by atomic mass is 16.5. The van der Waals surface area contributed by atoms with Crippen molar-refractivity contribution in [2.45, 2.75) is 57.4 Å². The zero-order valence-electron chi connectivity index (χ0n) is 18.4. The Morgan fingerprint density at radius 2 is 1.94 bits per heavy atom. The number of carbonyl (C=O) groups is 3. The Bertz CT molecular complexity index is 965. The molecule has 1 aromatic heterocycles. The molecule has 3 heterocycles. The summed E-state index contributed by atoms with van der Waals surface area (Å²) in [5.41, 5.74) is 0.627. The lowest BCUT2D eigenvalue weighted by Gasteiger charge is -2.40. The van der Waals surface area contributed by atoms with Crippen LogP contribution in [0.4, 0.5) is 4.79 Å². The minimum absolute atomic E-state index is 0.0262. The third-order valence-corrected chi connectivity index (χ3v) is 6.60. The molecule has 8 nitrogen and oxygen atoms in total. The van der Waals surface area contributed by atoms with Crippen LogP contribution < -0.4 is 10.6 Å². The summed E-state index contributed by atoms with van der Waals surface area (Å²) in [7, 11) is 0. The van der Waals surface area contributed by atoms with Gasteiger partial charge in [-0.3, -0.25) is 14.9 Å². The molecule has 1 aromatic carbocycles. The van der Waals surface area contributed by atoms with E-state index in [1.165, 1.54) is 5.56 Å². The molecule has 0 radical (unpaired) electrons. The molecule has 2 N–H and O–H groups in total. The van der Waals surface area contributed by atoms with Crippen molar-refractivity contribution in [1.29, 1.82) is 0 Å². The van der Waals surface area contributed by atoms with Crippen LogP contribution >= 0.6 is 0 Å². The second kappa shape index (κ2) is 9.54. The lowest BCUT2D eigenvalue weighted by atomic mass is 9.74. The molecule has 2 fully saturated rings. The molecule has 2 aliphatic heterocycles. The van der Waals surface area contributed by atoms with Crippen LogP contribution in [0.15, 0.2) is 40.9 Å². The van der Waals surface area contributed by atoms with Gasteiger partial charge in [-0.15, -0.1) is 0 Å². The van der Waals surface area contributed by atoms with Crippen molar-refractivity contribution in [3.8, 4) is 0 Å². The van der Waals surface area contributed by atoms with Gasteiger partial charge in [0.25, 0.3) is 11.8 Å². The molecule has 4 amide bonds. The zero-order valence-corrected chi connectivity index (χ0v) is 18.4. The highest BCUT2D eigenvalue weighted by molar-refractivity contribution is 6.07. The maximum atomic E-state index is 12.9. The zero-order chi connectivity index (χ0) is 22.6. The van der Waals surface area contributed by atoms with Gasteiger partial charge in [-0.05, 0) is 50.0 Å². The van der Waals surface area contributed by atoms with Crippen LogP contribution in [0.1, 0.15) is 60.8 Å². The van der Waals surface area contributed by atoms with Crippen molar-refractivity contribution >= 4 is 17.8 Å². The van der Waals surface area contributed by atoms with Gasteiger partial charge in [-0.25, -0.2) is 4.79 Å². The molecule has 2 aliphatic rings. The molecule has 0 spiro atoms. The Hall–Kier alpha value is -3.16. The van der Waals surface area contributed by atoms with Crippen LogP contribution in [0.3, 0.4) is 0 Å². The normalized spacial score (nSPS) is 21.5. The quantitative estimate of drug-likeness (QED) is 0.617. The van der Waals surface area contributed by atoms with Gasteiger partial charge in [0.2, 0.25) is 0 Å². The van der Waals surface area contributed by atoms with Gasteiger partial charge in [-0.1, -0.05) is 42.4 Å². The number of aryl methyl sites for hydroxylation is 2. The molecule has 2 aromatic rings. The first kappa shape index (κ1) is 22.0. The second-order valence-corrected chi connectivity index (χ2v) is 8.71. The molecule has 0 unspecified atom stereocenters. The number of nitrogens with zero attached hydrogens (tertiary/aromatic N) is 2. The van der Waals surface area contributed by atoms with Crippen molar-refractivity contribution in [2.75, 3.05) is 13.1 Å². The van der Waals surface area contributed by atoms with E-state index in [-0.39, 0.29) is 17.7 Å². The SMILES string of the molecule is CCCc1cc(C(=O)N2CCC([C@@]3(CCCc4ccccc4)NC(=O)NC3=O)CC2)no1. The predicted molar refractivity (Wildman–Crippen MR) is 118 cm³/mol. The summed E-state index contributed by atoms with van der Waals surface area (Å²) in [5.74, 6) is 0.295. The number of rotatable bonds is 8. The molecular weight excluding hydrogens is 408 g/mol. The predicted octanol–water partition coefficient (Wildman–Crippen LogP) is 3.08. The maximum absolute atomic E-state index is 12.9. The van der Waals surface area contributed by atoms with Crippen molar-refractivity contribution in [1.82, 2.24) is 20.7 Å². The van der Waals surface area contributed by atoms with Crippen LogP contribution in [0.25, 0.3) is 0 Å². The monoisotopic (exact) mass is 438 g/mol.